The van der Waals surface area contributed by atoms with Crippen LogP contribution in [0.2, 0.25) is 0 Å². The number of unbranched alkanes of at least 4 members (excludes halogenated alkanes) is 38. The first-order chi connectivity index (χ1) is 55.4. The molecule has 0 aromatic heterocycles. The molecule has 114 heavy (non-hydrogen) atoms. The molecule has 0 fully saturated rings. The van der Waals surface area contributed by atoms with E-state index in [4.69, 9.17) is 37.0 Å². The van der Waals surface area contributed by atoms with Gasteiger partial charge in [0.15, 0.2) is 0 Å². The Balaban J connectivity index is 2.99. The molecule has 662 valence electrons. The van der Waals surface area contributed by atoms with Gasteiger partial charge in [-0.3, -0.25) is 46.9 Å². The van der Waals surface area contributed by atoms with Crippen LogP contribution in [0.1, 0.15) is 409 Å². The first-order valence-corrected chi connectivity index (χ1v) is 48.7. The highest BCUT2D eigenvalue weighted by molar-refractivity contribution is 7.47. The lowest BCUT2D eigenvalue weighted by Gasteiger charge is -2.22. The molecule has 0 radical (unpaired) electrons. The molecule has 1 aromatic rings. The van der Waals surface area contributed by atoms with Crippen molar-refractivity contribution in [2.24, 2.45) is 0 Å². The molecule has 0 aliphatic carbocycles. The van der Waals surface area contributed by atoms with E-state index in [1.165, 1.54) is 153 Å². The second-order valence-electron chi connectivity index (χ2n) is 31.1. The fourth-order valence-electron chi connectivity index (χ4n) is 13.3. The Bertz CT molecular complexity index is 2500. The van der Waals surface area contributed by atoms with Crippen LogP contribution in [0.5, 0.6) is 0 Å². The van der Waals surface area contributed by atoms with Gasteiger partial charge in [-0.25, -0.2) is 9.13 Å². The summed E-state index contributed by atoms with van der Waals surface area (Å²) >= 11 is 0. The molecule has 0 heterocycles. The van der Waals surface area contributed by atoms with E-state index in [2.05, 4.69) is 87.1 Å². The van der Waals surface area contributed by atoms with Crippen molar-refractivity contribution < 1.29 is 84.7 Å². The highest BCUT2D eigenvalue weighted by Gasteiger charge is 2.28. The zero-order chi connectivity index (χ0) is 83.3. The number of benzene rings is 1. The normalized spacial score (nSPS) is 13.8. The molecule has 0 spiro atoms. The second kappa shape index (κ2) is 77.3. The molecule has 4 amide bonds. The lowest BCUT2D eigenvalue weighted by Crippen LogP contribution is -2.41. The molecule has 0 aliphatic rings. The highest BCUT2D eigenvalue weighted by Crippen LogP contribution is 2.44. The molecule has 2 unspecified atom stereocenters. The quantitative estimate of drug-likeness (QED) is 0.0153. The van der Waals surface area contributed by atoms with Crippen LogP contribution in [-0.4, -0.2) is 136 Å². The molecule has 0 saturated heterocycles. The number of ether oxygens (including phenoxy) is 4. The van der Waals surface area contributed by atoms with Crippen LogP contribution in [0.15, 0.2) is 48.6 Å². The Hall–Kier alpha value is -4.34. The van der Waals surface area contributed by atoms with Crippen molar-refractivity contribution >= 4 is 51.2 Å². The standard InChI is InChI=1S/C90H164N4O18P2/c1-7-13-19-25-29-33-35-39-41-47-53-63-85(95)93-79(75-105-71-67-81(59-51-45-23-17-11-5)111-87(97)65-55-49-43-37-31-27-21-15-9-3)77-109-113(101,102)107-73-69-91-89(99)83-61-57-58-62-84(83)90(100)92-70-74-108-114(103,104)110-78-80(94-86(96)64-54-48-42-40-36-34-30-26-20-14-8-2)76-106-72-68-82(60-52-46-24-18-12-6)112-88(98)66-56-50-44-38-32-28-22-16-10-4/h37-38,43-44,57-58,61-62,79-82H,7-36,39-42,45-56,59-60,63-78H2,1-6H3,(H,91,99)(H,92,100)(H,93,95)(H,94,96)(H,101,102)(H,103,104)/b43-37-,44-38-/t79-,80-,81-,82-/m1/s1. The molecule has 0 aliphatic heterocycles. The number of hydrogen-bond donors (Lipinski definition) is 6. The van der Waals surface area contributed by atoms with Crippen molar-refractivity contribution in [2.45, 2.75) is 413 Å². The summed E-state index contributed by atoms with van der Waals surface area (Å²) in [5.74, 6) is -2.37. The molecule has 1 rings (SSSR count). The van der Waals surface area contributed by atoms with Gasteiger partial charge in [-0.05, 0) is 102 Å². The molecule has 6 atom stereocenters. The summed E-state index contributed by atoms with van der Waals surface area (Å²) in [6, 6.07) is 4.28. The van der Waals surface area contributed by atoms with Gasteiger partial charge in [0.2, 0.25) is 11.8 Å². The minimum Gasteiger partial charge on any atom is -0.462 e. The first-order valence-electron chi connectivity index (χ1n) is 45.7. The molecular weight excluding hydrogens is 1490 g/mol. The van der Waals surface area contributed by atoms with Crippen LogP contribution in [0.25, 0.3) is 0 Å². The number of amides is 4. The van der Waals surface area contributed by atoms with E-state index in [0.29, 0.717) is 64.2 Å². The van der Waals surface area contributed by atoms with Gasteiger partial charge >= 0.3 is 27.6 Å². The van der Waals surface area contributed by atoms with Crippen molar-refractivity contribution in [3.05, 3.63) is 59.7 Å². The fraction of sp³-hybridized carbons (Fsp3) is 0.822. The lowest BCUT2D eigenvalue weighted by atomic mass is 10.1. The van der Waals surface area contributed by atoms with Crippen molar-refractivity contribution in [3.8, 4) is 0 Å². The van der Waals surface area contributed by atoms with E-state index in [0.717, 1.165) is 128 Å². The molecule has 1 aromatic carbocycles. The number of nitrogens with one attached hydrogen (secondary N) is 4. The smallest absolute Gasteiger partial charge is 0.462 e. The van der Waals surface area contributed by atoms with Gasteiger partial charge in [0.05, 0.1) is 76.1 Å². The summed E-state index contributed by atoms with van der Waals surface area (Å²) in [6.45, 7) is 11.2. The molecule has 6 N–H and O–H groups in total. The van der Waals surface area contributed by atoms with Crippen LogP contribution in [0.3, 0.4) is 0 Å². The maximum Gasteiger partial charge on any atom is 0.472 e. The Kier molecular flexibility index (Phi) is 73.0. The van der Waals surface area contributed by atoms with E-state index in [-0.39, 0.29) is 99.4 Å². The van der Waals surface area contributed by atoms with Gasteiger partial charge in [-0.1, -0.05) is 296 Å². The number of phosphoric ester groups is 2. The summed E-state index contributed by atoms with van der Waals surface area (Å²) in [5.41, 5.74) is -0.0733. The van der Waals surface area contributed by atoms with Gasteiger partial charge in [-0.15, -0.1) is 0 Å². The summed E-state index contributed by atoms with van der Waals surface area (Å²) in [5, 5.41) is 11.1. The van der Waals surface area contributed by atoms with Gasteiger partial charge in [0, 0.05) is 51.6 Å². The number of carbonyl (C=O) groups excluding carboxylic acids is 6. The zero-order valence-corrected chi connectivity index (χ0v) is 74.3. The Morgan fingerprint density at radius 1 is 0.342 bits per heavy atom. The average Bonchev–Trinajstić information content (AvgIpc) is 0.843. The molecule has 0 saturated carbocycles. The van der Waals surface area contributed by atoms with E-state index in [1.54, 1.807) is 12.1 Å². The minimum absolute atomic E-state index is 0.0366. The van der Waals surface area contributed by atoms with E-state index in [1.807, 2.05) is 0 Å². The topological polar surface area (TPSA) is 299 Å². The fourth-order valence-corrected chi connectivity index (χ4v) is 14.9. The van der Waals surface area contributed by atoms with Crippen LogP contribution in [0, 0.1) is 0 Å². The number of phosphoric acid groups is 2. The maximum absolute atomic E-state index is 13.6. The molecule has 22 nitrogen and oxygen atoms in total. The second-order valence-corrected chi connectivity index (χ2v) is 34.0. The summed E-state index contributed by atoms with van der Waals surface area (Å²) in [4.78, 5) is 102. The van der Waals surface area contributed by atoms with Crippen LogP contribution < -0.4 is 21.3 Å². The number of esters is 2. The Labute approximate surface area is 691 Å². The van der Waals surface area contributed by atoms with Crippen LogP contribution in [-0.2, 0) is 65.4 Å². The van der Waals surface area contributed by atoms with Crippen molar-refractivity contribution in [1.82, 2.24) is 21.3 Å². The predicted molar refractivity (Wildman–Crippen MR) is 461 cm³/mol. The highest BCUT2D eigenvalue weighted by atomic mass is 31.2. The summed E-state index contributed by atoms with van der Waals surface area (Å²) in [6.07, 6.45) is 61.9. The number of allylic oxidation sites excluding steroid dienone is 4. The molecular formula is C90H164N4O18P2. The van der Waals surface area contributed by atoms with Gasteiger partial charge in [0.1, 0.15) is 12.2 Å². The number of hydrogen-bond acceptors (Lipinski definition) is 16. The van der Waals surface area contributed by atoms with Crippen molar-refractivity contribution in [1.29, 1.82) is 0 Å². The summed E-state index contributed by atoms with van der Waals surface area (Å²) in [7, 11) is -9.54. The Morgan fingerprint density at radius 3 is 0.956 bits per heavy atom. The molecule has 24 heteroatoms. The summed E-state index contributed by atoms with van der Waals surface area (Å²) < 4.78 is 72.2. The van der Waals surface area contributed by atoms with Crippen LogP contribution >= 0.6 is 15.6 Å². The van der Waals surface area contributed by atoms with E-state index < -0.39 is 66.0 Å². The van der Waals surface area contributed by atoms with Crippen LogP contribution in [0.4, 0.5) is 0 Å². The first kappa shape index (κ1) is 108. The van der Waals surface area contributed by atoms with Gasteiger partial charge in [0.25, 0.3) is 11.8 Å². The Morgan fingerprint density at radius 2 is 0.632 bits per heavy atom. The average molecular weight is 1650 g/mol. The predicted octanol–water partition coefficient (Wildman–Crippen LogP) is 22.5. The third-order valence-corrected chi connectivity index (χ3v) is 22.2. The monoisotopic (exact) mass is 1650 g/mol. The minimum atomic E-state index is -4.77. The van der Waals surface area contributed by atoms with Gasteiger partial charge < -0.3 is 50.0 Å². The SMILES string of the molecule is CCCCCC/C=C\CCCC(=O)O[C@H](CCCCCCC)CCOC[C@H](COP(=O)(O)OCCNC(=O)c1ccccc1C(=O)NCCOP(=O)(O)OC[C@@H](COCC[C@@H](CCCCCCC)OC(=O)CCC/C=C\CCCCCC)NC(=O)CCCCCCCCCCCCC)NC(=O)CCCCCCCCCCCCC. The maximum atomic E-state index is 13.6. The largest absolute Gasteiger partial charge is 0.472 e. The number of carbonyl (C=O) groups is 6. The zero-order valence-electron chi connectivity index (χ0n) is 72.5. The lowest BCUT2D eigenvalue weighted by molar-refractivity contribution is -0.151. The third kappa shape index (κ3) is 67.5. The van der Waals surface area contributed by atoms with E-state index >= 15 is 0 Å². The number of rotatable bonds is 84. The third-order valence-electron chi connectivity index (χ3n) is 20.3. The molecule has 0 bridgehead atoms. The van der Waals surface area contributed by atoms with E-state index in [9.17, 15) is 47.7 Å². The van der Waals surface area contributed by atoms with Gasteiger partial charge in [-0.2, -0.15) is 0 Å². The van der Waals surface area contributed by atoms with Crippen molar-refractivity contribution in [3.63, 3.8) is 0 Å². The van der Waals surface area contributed by atoms with Crippen molar-refractivity contribution in [2.75, 3.05) is 65.9 Å².